The van der Waals surface area contributed by atoms with Gasteiger partial charge in [0.15, 0.2) is 34.3 Å². The molecule has 8 atom stereocenters. The molecule has 0 radical (unpaired) electrons. The molecule has 28 heteroatoms. The highest BCUT2D eigenvalue weighted by Gasteiger charge is 2.66. The van der Waals surface area contributed by atoms with Crippen molar-refractivity contribution in [2.45, 2.75) is 76.3 Å². The summed E-state index contributed by atoms with van der Waals surface area (Å²) in [6, 6.07) is 3.23. The Bertz CT molecular complexity index is 3820. The molecule has 89 heavy (non-hydrogen) atoms. The summed E-state index contributed by atoms with van der Waals surface area (Å²) in [6.45, 7) is 1.93. The lowest BCUT2D eigenvalue weighted by Gasteiger charge is -2.50. The van der Waals surface area contributed by atoms with Crippen LogP contribution in [0.5, 0.6) is 17.2 Å². The molecule has 6 aliphatic carbocycles. The van der Waals surface area contributed by atoms with Gasteiger partial charge in [0.1, 0.15) is 63.1 Å². The minimum absolute atomic E-state index is 0.0337. The lowest BCUT2D eigenvalue weighted by molar-refractivity contribution is -0.162. The van der Waals surface area contributed by atoms with Crippen LogP contribution in [0.4, 0.5) is 13.6 Å². The number of amides is 3. The minimum atomic E-state index is -3.02. The normalized spacial score (nSPS) is 24.8. The van der Waals surface area contributed by atoms with Crippen LogP contribution in [0.3, 0.4) is 0 Å². The molecule has 2 fully saturated rings. The summed E-state index contributed by atoms with van der Waals surface area (Å²) in [7, 11) is 6.89. The first-order valence-corrected chi connectivity index (χ1v) is 27.8. The number of nitrogens with two attached hydrogens (primary N) is 2. The fourth-order valence-electron chi connectivity index (χ4n) is 13.2. The van der Waals surface area contributed by atoms with Gasteiger partial charge in [0, 0.05) is 65.4 Å². The van der Waals surface area contributed by atoms with E-state index in [1.807, 2.05) is 0 Å². The smallest absolute Gasteiger partial charge is 0.412 e. The largest absolute Gasteiger partial charge is 0.508 e. The van der Waals surface area contributed by atoms with Crippen molar-refractivity contribution in [3.05, 3.63) is 121 Å². The van der Waals surface area contributed by atoms with Crippen LogP contribution < -0.4 is 21.5 Å². The lowest BCUT2D eigenvalue weighted by Crippen LogP contribution is -2.65. The van der Waals surface area contributed by atoms with Crippen molar-refractivity contribution in [3.8, 4) is 17.2 Å². The van der Waals surface area contributed by atoms with Crippen LogP contribution in [-0.2, 0) is 62.4 Å². The number of halogens is 2. The number of nitrogens with zero attached hydrogens (tertiary/aromatic N) is 3. The molecule has 0 saturated heterocycles. The van der Waals surface area contributed by atoms with Crippen molar-refractivity contribution in [1.82, 2.24) is 20.0 Å². The van der Waals surface area contributed by atoms with E-state index in [0.29, 0.717) is 0 Å². The Morgan fingerprint density at radius 1 is 0.674 bits per heavy atom. The number of primary amides is 2. The Morgan fingerprint density at radius 3 is 1.61 bits per heavy atom. The Labute approximate surface area is 505 Å². The van der Waals surface area contributed by atoms with Gasteiger partial charge < -0.3 is 71.6 Å². The molecule has 472 valence electrons. The van der Waals surface area contributed by atoms with E-state index in [1.165, 1.54) is 57.2 Å². The van der Waals surface area contributed by atoms with Crippen LogP contribution in [0.25, 0.3) is 11.5 Å². The number of rotatable bonds is 16. The highest BCUT2D eigenvalue weighted by Crippen LogP contribution is 2.55. The molecule has 3 amide bonds. The highest BCUT2D eigenvalue weighted by molar-refractivity contribution is 6.26. The second kappa shape index (κ2) is 23.1. The van der Waals surface area contributed by atoms with E-state index in [0.717, 1.165) is 29.2 Å². The standard InChI is InChI=1S/C61H64F2N6O20/c1-59(2,3)57(83)87-22-88-58(84)69(8)21-37(72)27-10-12-38(42-29(27)14-24-16-32-46(68(6)7)50(76)44(56(65)82)54(80)61(32,86)52(78)40(24)48(42)74)89-25-17-33(62)30(34(63)18-25)19-66-20-36(71)26-9-11-35(70)41-28(26)13-23-15-31-45(67(4)5)49(75)43(55(64)81)53(79)60(31,85)51(77)39(23)47(41)73/h9-12,17-18,23-24,31-32,45-46,66,70,73-74,79-80,85-86H,13-16,19-22H2,1-8H3,(H2,64,81)(H2,65,82)/t23-,24-,31-,32-,45-,46-,60-,61-/m0/s1. The minimum Gasteiger partial charge on any atom is -0.508 e. The van der Waals surface area contributed by atoms with Crippen molar-refractivity contribution in [2.75, 3.05) is 55.1 Å². The number of phenols is 1. The predicted molar refractivity (Wildman–Crippen MR) is 303 cm³/mol. The number of esters is 1. The highest BCUT2D eigenvalue weighted by atomic mass is 19.1. The van der Waals surface area contributed by atoms with Gasteiger partial charge in [0.25, 0.3) is 11.8 Å². The maximum absolute atomic E-state index is 16.2. The molecule has 12 N–H and O–H groups in total. The van der Waals surface area contributed by atoms with Crippen molar-refractivity contribution in [2.24, 2.45) is 40.6 Å². The Balaban J connectivity index is 0.996. The number of ether oxygens (including phenoxy) is 3. The second-order valence-electron chi connectivity index (χ2n) is 24.4. The topological polar surface area (TPSA) is 414 Å². The summed E-state index contributed by atoms with van der Waals surface area (Å²) in [4.78, 5) is 138. The first kappa shape index (κ1) is 64.3. The van der Waals surface area contributed by atoms with Gasteiger partial charge in [-0.3, -0.25) is 53.0 Å². The van der Waals surface area contributed by atoms with E-state index >= 15 is 8.78 Å². The van der Waals surface area contributed by atoms with E-state index in [1.54, 1.807) is 20.8 Å². The maximum Gasteiger partial charge on any atom is 0.412 e. The molecule has 0 bridgehead atoms. The molecule has 0 heterocycles. The number of likely N-dealkylation sites (N-methyl/N-ethyl adjacent to an activating group) is 3. The van der Waals surface area contributed by atoms with Gasteiger partial charge in [-0.15, -0.1) is 0 Å². The fraction of sp³-hybridized carbons (Fsp3) is 0.410. The van der Waals surface area contributed by atoms with Crippen LogP contribution in [0.2, 0.25) is 0 Å². The van der Waals surface area contributed by atoms with Crippen LogP contribution in [0.1, 0.15) is 82.1 Å². The number of hydrogen-bond acceptors (Lipinski definition) is 23. The fourth-order valence-corrected chi connectivity index (χ4v) is 13.2. The molecule has 0 spiro atoms. The third-order valence-corrected chi connectivity index (χ3v) is 17.4. The van der Waals surface area contributed by atoms with E-state index < -0.39 is 223 Å². The number of nitrogens with one attached hydrogen (secondary N) is 1. The average molecular weight is 1240 g/mol. The summed E-state index contributed by atoms with van der Waals surface area (Å²) in [6.07, 6.45) is -2.29. The third kappa shape index (κ3) is 10.5. The lowest BCUT2D eigenvalue weighted by atomic mass is 9.57. The molecule has 0 aliphatic heterocycles. The molecule has 3 aromatic carbocycles. The van der Waals surface area contributed by atoms with Crippen molar-refractivity contribution in [3.63, 3.8) is 0 Å². The van der Waals surface area contributed by atoms with Gasteiger partial charge in [-0.25, -0.2) is 13.6 Å². The molecule has 9 rings (SSSR count). The molecular formula is C61H64F2N6O20. The Morgan fingerprint density at radius 2 is 1.13 bits per heavy atom. The zero-order valence-corrected chi connectivity index (χ0v) is 49.3. The molecule has 6 aliphatic rings. The van der Waals surface area contributed by atoms with Crippen LogP contribution >= 0.6 is 0 Å². The second-order valence-corrected chi connectivity index (χ2v) is 24.4. The number of aliphatic hydroxyl groups is 6. The number of carbonyl (C=O) groups is 10. The molecule has 3 aromatic rings. The summed E-state index contributed by atoms with van der Waals surface area (Å²) in [5.41, 5.74) is -0.756. The first-order valence-electron chi connectivity index (χ1n) is 27.8. The molecular weight excluding hydrogens is 1170 g/mol. The molecule has 26 nitrogen and oxygen atoms in total. The van der Waals surface area contributed by atoms with Gasteiger partial charge in [0.2, 0.25) is 18.4 Å². The average Bonchev–Trinajstić information content (AvgIpc) is 0.757. The van der Waals surface area contributed by atoms with Crippen LogP contribution in [-0.4, -0.2) is 187 Å². The summed E-state index contributed by atoms with van der Waals surface area (Å²) < 4.78 is 48.4. The van der Waals surface area contributed by atoms with Crippen LogP contribution in [0.15, 0.2) is 70.2 Å². The maximum atomic E-state index is 16.2. The van der Waals surface area contributed by atoms with Gasteiger partial charge >= 0.3 is 12.1 Å². The summed E-state index contributed by atoms with van der Waals surface area (Å²) >= 11 is 0. The zero-order chi connectivity index (χ0) is 65.7. The van der Waals surface area contributed by atoms with E-state index in [9.17, 15) is 83.7 Å². The van der Waals surface area contributed by atoms with Gasteiger partial charge in [-0.05, 0) is 122 Å². The number of phenolic OH excluding ortho intramolecular Hbond substituents is 1. The van der Waals surface area contributed by atoms with Gasteiger partial charge in [-0.2, -0.15) is 0 Å². The number of carbonyl (C=O) groups excluding carboxylic acids is 10. The van der Waals surface area contributed by atoms with E-state index in [2.05, 4.69) is 5.32 Å². The first-order chi connectivity index (χ1) is 41.5. The number of benzene rings is 3. The number of fused-ring (bicyclic) bond motifs is 6. The van der Waals surface area contributed by atoms with Gasteiger partial charge in [-0.1, -0.05) is 0 Å². The Hall–Kier alpha value is -9.22. The van der Waals surface area contributed by atoms with Gasteiger partial charge in [0.05, 0.1) is 41.7 Å². The quantitative estimate of drug-likeness (QED) is 0.0426. The van der Waals surface area contributed by atoms with E-state index in [-0.39, 0.29) is 53.5 Å². The van der Waals surface area contributed by atoms with Crippen LogP contribution in [0, 0.1) is 40.7 Å². The third-order valence-electron chi connectivity index (χ3n) is 17.4. The molecule has 0 aromatic heterocycles. The number of hydrogen-bond donors (Lipinski definition) is 10. The summed E-state index contributed by atoms with van der Waals surface area (Å²) in [5, 5.41) is 84.3. The number of aromatic hydroxyl groups is 1. The number of ketones is 6. The Kier molecular flexibility index (Phi) is 16.6. The number of Topliss-reactive ketones (excluding diaryl/α,β-unsaturated/α-hetero) is 6. The summed E-state index contributed by atoms with van der Waals surface area (Å²) in [5.74, 6) is -23.2. The monoisotopic (exact) mass is 1240 g/mol. The molecule has 2 saturated carbocycles. The zero-order valence-electron chi connectivity index (χ0n) is 49.3. The SMILES string of the molecule is CN(CC(=O)c1ccc(Oc2cc(F)c(CNCC(=O)c3ccc(O)c4c3C[C@H]3C[C@H]5[C@H](N(C)C)C(=O)C(C(N)=O)=C(O)[C@@]5(O)C(=O)C3=C4O)c(F)c2)c2c1C[C@H]1C[C@H]3[C@H](N(C)C)C(=O)C(C(N)=O)=C(O)[C@@]3(O)C(=O)C1=C2O)C(=O)OCOC(=O)C(C)(C)C. The van der Waals surface area contributed by atoms with E-state index in [4.69, 9.17) is 25.7 Å². The predicted octanol–water partition coefficient (Wildman–Crippen LogP) is 2.38. The van der Waals surface area contributed by atoms with Crippen molar-refractivity contribution >= 4 is 70.1 Å². The van der Waals surface area contributed by atoms with Crippen molar-refractivity contribution in [1.29, 1.82) is 0 Å². The number of aliphatic hydroxyl groups excluding tert-OH is 4. The van der Waals surface area contributed by atoms with Crippen molar-refractivity contribution < 1.29 is 107 Å². The molecule has 0 unspecified atom stereocenters.